The standard InChI is InChI=1S/C23H25F3N6O3/c1-13-14(12-33)9-17-20(31-5-7-35-8-6-31)29-19(30-32(13)17)15-11-27-18(10-16(15)23(24,25)26)28-21(34)22(2,3)4/h9-12H,5-8H2,1-4H3,(H,27,28,34). The van der Waals surface area contributed by atoms with Crippen molar-refractivity contribution in [2.75, 3.05) is 36.5 Å². The first-order valence-electron chi connectivity index (χ1n) is 11.0. The second-order valence-electron chi connectivity index (χ2n) is 9.28. The van der Waals surface area contributed by atoms with Crippen molar-refractivity contribution in [1.29, 1.82) is 0 Å². The van der Waals surface area contributed by atoms with Gasteiger partial charge in [0, 0.05) is 30.3 Å². The van der Waals surface area contributed by atoms with Gasteiger partial charge in [0.2, 0.25) is 5.91 Å². The molecule has 186 valence electrons. The van der Waals surface area contributed by atoms with Gasteiger partial charge in [-0.2, -0.15) is 13.2 Å². The quantitative estimate of drug-likeness (QED) is 0.556. The molecule has 0 radical (unpaired) electrons. The number of carbonyl (C=O) groups excluding carboxylic acids is 2. The lowest BCUT2D eigenvalue weighted by atomic mass is 9.96. The van der Waals surface area contributed by atoms with Gasteiger partial charge in [0.25, 0.3) is 0 Å². The molecule has 0 spiro atoms. The molecular formula is C23H25F3N6O3. The number of hydrogen-bond acceptors (Lipinski definition) is 7. The third kappa shape index (κ3) is 4.83. The highest BCUT2D eigenvalue weighted by molar-refractivity contribution is 5.94. The Labute approximate surface area is 199 Å². The predicted octanol–water partition coefficient (Wildman–Crippen LogP) is 3.75. The summed E-state index contributed by atoms with van der Waals surface area (Å²) in [7, 11) is 0. The highest BCUT2D eigenvalue weighted by atomic mass is 19.4. The zero-order chi connectivity index (χ0) is 25.5. The Morgan fingerprint density at radius 1 is 1.17 bits per heavy atom. The van der Waals surface area contributed by atoms with Crippen LogP contribution in [-0.2, 0) is 15.7 Å². The van der Waals surface area contributed by atoms with Crippen LogP contribution in [0.2, 0.25) is 0 Å². The fraction of sp³-hybridized carbons (Fsp3) is 0.435. The summed E-state index contributed by atoms with van der Waals surface area (Å²) in [6.45, 7) is 8.42. The Balaban J connectivity index is 1.89. The number of nitrogens with zero attached hydrogens (tertiary/aromatic N) is 5. The van der Waals surface area contributed by atoms with Crippen molar-refractivity contribution in [1.82, 2.24) is 19.6 Å². The minimum absolute atomic E-state index is 0.205. The van der Waals surface area contributed by atoms with Crippen LogP contribution in [0.4, 0.5) is 24.8 Å². The fourth-order valence-electron chi connectivity index (χ4n) is 3.66. The minimum Gasteiger partial charge on any atom is -0.378 e. The summed E-state index contributed by atoms with van der Waals surface area (Å²) in [6, 6.07) is 2.39. The van der Waals surface area contributed by atoms with Crippen LogP contribution in [-0.4, -0.2) is 58.1 Å². The normalized spacial score (nSPS) is 14.9. The van der Waals surface area contributed by atoms with Gasteiger partial charge in [-0.05, 0) is 19.1 Å². The van der Waals surface area contributed by atoms with Crippen molar-refractivity contribution in [3.05, 3.63) is 35.2 Å². The molecule has 1 fully saturated rings. The number of alkyl halides is 3. The Hall–Kier alpha value is -3.54. The van der Waals surface area contributed by atoms with Gasteiger partial charge in [0.05, 0.1) is 30.0 Å². The van der Waals surface area contributed by atoms with E-state index in [0.29, 0.717) is 55.2 Å². The highest BCUT2D eigenvalue weighted by Gasteiger charge is 2.36. The van der Waals surface area contributed by atoms with Gasteiger partial charge in [-0.25, -0.2) is 14.5 Å². The second-order valence-corrected chi connectivity index (χ2v) is 9.28. The van der Waals surface area contributed by atoms with Crippen LogP contribution in [0, 0.1) is 12.3 Å². The molecule has 1 amide bonds. The van der Waals surface area contributed by atoms with Crippen molar-refractivity contribution in [3.8, 4) is 11.4 Å². The fourth-order valence-corrected chi connectivity index (χ4v) is 3.66. The molecule has 0 bridgehead atoms. The summed E-state index contributed by atoms with van der Waals surface area (Å²) in [6.07, 6.45) is -3.09. The lowest BCUT2D eigenvalue weighted by Gasteiger charge is -2.28. The van der Waals surface area contributed by atoms with E-state index in [-0.39, 0.29) is 17.2 Å². The number of amides is 1. The van der Waals surface area contributed by atoms with E-state index in [4.69, 9.17) is 4.74 Å². The third-order valence-electron chi connectivity index (χ3n) is 5.70. The smallest absolute Gasteiger partial charge is 0.378 e. The number of rotatable bonds is 4. The van der Waals surface area contributed by atoms with Crippen LogP contribution in [0.1, 0.15) is 42.4 Å². The zero-order valence-electron chi connectivity index (χ0n) is 19.7. The first-order chi connectivity index (χ1) is 16.4. The van der Waals surface area contributed by atoms with Crippen LogP contribution in [0.25, 0.3) is 16.9 Å². The number of morpholine rings is 1. The Kier molecular flexibility index (Phi) is 6.26. The zero-order valence-corrected chi connectivity index (χ0v) is 19.7. The van der Waals surface area contributed by atoms with E-state index < -0.39 is 23.1 Å². The number of pyridine rings is 1. The van der Waals surface area contributed by atoms with E-state index in [2.05, 4.69) is 20.4 Å². The molecule has 1 saturated heterocycles. The van der Waals surface area contributed by atoms with E-state index in [1.165, 1.54) is 4.52 Å². The largest absolute Gasteiger partial charge is 0.417 e. The number of nitrogens with one attached hydrogen (secondary N) is 1. The van der Waals surface area contributed by atoms with Crippen molar-refractivity contribution < 1.29 is 27.5 Å². The third-order valence-corrected chi connectivity index (χ3v) is 5.70. The lowest BCUT2D eigenvalue weighted by molar-refractivity contribution is -0.137. The van der Waals surface area contributed by atoms with Crippen LogP contribution in [0.3, 0.4) is 0 Å². The molecule has 0 unspecified atom stereocenters. The first-order valence-corrected chi connectivity index (χ1v) is 11.0. The number of aryl methyl sites for hydroxylation is 1. The van der Waals surface area contributed by atoms with Crippen LogP contribution < -0.4 is 10.2 Å². The summed E-state index contributed by atoms with van der Waals surface area (Å²) in [5, 5.41) is 6.76. The molecule has 0 atom stereocenters. The number of ether oxygens (including phenoxy) is 1. The molecule has 9 nitrogen and oxygen atoms in total. The molecule has 4 rings (SSSR count). The summed E-state index contributed by atoms with van der Waals surface area (Å²) >= 11 is 0. The number of fused-ring (bicyclic) bond motifs is 1. The Morgan fingerprint density at radius 2 is 1.86 bits per heavy atom. The number of aromatic nitrogens is 4. The average Bonchev–Trinajstić information content (AvgIpc) is 3.13. The van der Waals surface area contributed by atoms with E-state index >= 15 is 0 Å². The van der Waals surface area contributed by atoms with Gasteiger partial charge in [0.1, 0.15) is 11.3 Å². The predicted molar refractivity (Wildman–Crippen MR) is 122 cm³/mol. The van der Waals surface area contributed by atoms with Crippen molar-refractivity contribution in [3.63, 3.8) is 0 Å². The molecule has 3 aromatic heterocycles. The number of halogens is 3. The molecular weight excluding hydrogens is 465 g/mol. The van der Waals surface area contributed by atoms with E-state index in [0.717, 1.165) is 12.3 Å². The van der Waals surface area contributed by atoms with Crippen molar-refractivity contribution in [2.45, 2.75) is 33.9 Å². The molecule has 0 aromatic carbocycles. The number of aldehydes is 1. The Morgan fingerprint density at radius 3 is 2.46 bits per heavy atom. The summed E-state index contributed by atoms with van der Waals surface area (Å²) < 4.78 is 49.2. The maximum Gasteiger partial charge on any atom is 0.417 e. The summed E-state index contributed by atoms with van der Waals surface area (Å²) in [4.78, 5) is 34.2. The number of hydrogen-bond donors (Lipinski definition) is 1. The van der Waals surface area contributed by atoms with Crippen LogP contribution >= 0.6 is 0 Å². The van der Waals surface area contributed by atoms with Gasteiger partial charge in [-0.1, -0.05) is 20.8 Å². The van der Waals surface area contributed by atoms with Gasteiger partial charge in [0.15, 0.2) is 17.9 Å². The summed E-state index contributed by atoms with van der Waals surface area (Å²) in [5.74, 6) is -0.505. The minimum atomic E-state index is -4.77. The summed E-state index contributed by atoms with van der Waals surface area (Å²) in [5.41, 5.74) is -0.856. The van der Waals surface area contributed by atoms with E-state index in [1.54, 1.807) is 33.8 Å². The molecule has 1 aliphatic rings. The maximum atomic E-state index is 14.1. The highest BCUT2D eigenvalue weighted by Crippen LogP contribution is 2.38. The number of anilines is 2. The monoisotopic (exact) mass is 490 g/mol. The first kappa shape index (κ1) is 24.6. The number of carbonyl (C=O) groups is 2. The van der Waals surface area contributed by atoms with Gasteiger partial charge < -0.3 is 15.0 Å². The second kappa shape index (κ2) is 8.91. The van der Waals surface area contributed by atoms with Crippen LogP contribution in [0.15, 0.2) is 18.3 Å². The Bertz CT molecular complexity index is 1290. The molecule has 1 aliphatic heterocycles. The van der Waals surface area contributed by atoms with Crippen LogP contribution in [0.5, 0.6) is 0 Å². The molecule has 35 heavy (non-hydrogen) atoms. The topological polar surface area (TPSA) is 102 Å². The van der Waals surface area contributed by atoms with Gasteiger partial charge in [-0.15, -0.1) is 5.10 Å². The molecule has 3 aromatic rings. The van der Waals surface area contributed by atoms with E-state index in [9.17, 15) is 22.8 Å². The molecule has 1 N–H and O–H groups in total. The van der Waals surface area contributed by atoms with Gasteiger partial charge >= 0.3 is 6.18 Å². The maximum absolute atomic E-state index is 14.1. The molecule has 4 heterocycles. The molecule has 12 heteroatoms. The average molecular weight is 490 g/mol. The van der Waals surface area contributed by atoms with E-state index in [1.807, 2.05) is 4.90 Å². The SMILES string of the molecule is Cc1c(C=O)cc2c(N3CCOCC3)nc(-c3cnc(NC(=O)C(C)(C)C)cc3C(F)(F)F)nn12. The molecule has 0 aliphatic carbocycles. The molecule has 0 saturated carbocycles. The van der Waals surface area contributed by atoms with Crippen molar-refractivity contribution in [2.24, 2.45) is 5.41 Å². The lowest BCUT2D eigenvalue weighted by Crippen LogP contribution is -2.37. The van der Waals surface area contributed by atoms with Gasteiger partial charge in [-0.3, -0.25) is 9.59 Å². The van der Waals surface area contributed by atoms with Crippen molar-refractivity contribution >= 4 is 29.3 Å².